The van der Waals surface area contributed by atoms with E-state index in [4.69, 9.17) is 10.00 Å². The summed E-state index contributed by atoms with van der Waals surface area (Å²) in [6.07, 6.45) is 3.51. The molecule has 1 aliphatic rings. The molecule has 0 bridgehead atoms. The predicted octanol–water partition coefficient (Wildman–Crippen LogP) is 2.93. The largest absolute Gasteiger partial charge is 0.385 e. The molecule has 2 rings (SSSR count). The fourth-order valence-corrected chi connectivity index (χ4v) is 1.66. The second kappa shape index (κ2) is 6.36. The van der Waals surface area contributed by atoms with Gasteiger partial charge in [-0.3, -0.25) is 0 Å². The van der Waals surface area contributed by atoms with E-state index in [1.807, 2.05) is 0 Å². The highest BCUT2D eigenvalue weighted by Gasteiger charge is 2.20. The zero-order chi connectivity index (χ0) is 12.8. The Morgan fingerprint density at radius 1 is 1.44 bits per heavy atom. The zero-order valence-corrected chi connectivity index (χ0v) is 10.3. The van der Waals surface area contributed by atoms with Crippen molar-refractivity contribution in [3.8, 4) is 6.07 Å². The van der Waals surface area contributed by atoms with Crippen molar-refractivity contribution in [2.75, 3.05) is 25.1 Å². The van der Waals surface area contributed by atoms with Gasteiger partial charge in [0.25, 0.3) is 0 Å². The molecule has 0 heterocycles. The molecule has 1 aromatic carbocycles. The summed E-state index contributed by atoms with van der Waals surface area (Å²) < 4.78 is 18.8. The highest BCUT2D eigenvalue weighted by molar-refractivity contribution is 5.47. The maximum Gasteiger partial charge on any atom is 0.143 e. The number of rotatable bonds is 7. The lowest BCUT2D eigenvalue weighted by Crippen LogP contribution is -2.07. The van der Waals surface area contributed by atoms with Crippen molar-refractivity contribution in [1.29, 1.82) is 5.26 Å². The number of anilines is 1. The van der Waals surface area contributed by atoms with Gasteiger partial charge in [-0.05, 0) is 43.4 Å². The second-order valence-electron chi connectivity index (χ2n) is 4.61. The average Bonchev–Trinajstić information content (AvgIpc) is 3.18. The van der Waals surface area contributed by atoms with Gasteiger partial charge >= 0.3 is 0 Å². The van der Waals surface area contributed by atoms with Crippen molar-refractivity contribution in [3.05, 3.63) is 29.6 Å². The van der Waals surface area contributed by atoms with Crippen LogP contribution in [0.15, 0.2) is 18.2 Å². The Kier molecular flexibility index (Phi) is 4.54. The Hall–Kier alpha value is -1.60. The summed E-state index contributed by atoms with van der Waals surface area (Å²) in [4.78, 5) is 0. The molecule has 1 aliphatic carbocycles. The van der Waals surface area contributed by atoms with Crippen LogP contribution in [0, 0.1) is 23.1 Å². The van der Waals surface area contributed by atoms with Crippen LogP contribution in [0.2, 0.25) is 0 Å². The van der Waals surface area contributed by atoms with Crippen LogP contribution in [-0.4, -0.2) is 19.8 Å². The van der Waals surface area contributed by atoms with Gasteiger partial charge in [0, 0.05) is 25.4 Å². The standard InChI is InChI=1S/C14H17FN2O/c15-14-8-13(5-4-12(14)9-16)17-6-1-7-18-10-11-2-3-11/h4-5,8,11,17H,1-3,6-7,10H2. The maximum atomic E-state index is 13.3. The SMILES string of the molecule is N#Cc1ccc(NCCCOCC2CC2)cc1F. The van der Waals surface area contributed by atoms with Crippen LogP contribution in [0.4, 0.5) is 10.1 Å². The van der Waals surface area contributed by atoms with E-state index in [2.05, 4.69) is 5.32 Å². The summed E-state index contributed by atoms with van der Waals surface area (Å²) in [7, 11) is 0. The molecule has 0 saturated heterocycles. The van der Waals surface area contributed by atoms with Crippen LogP contribution in [0.3, 0.4) is 0 Å². The van der Waals surface area contributed by atoms with Crippen LogP contribution in [-0.2, 0) is 4.74 Å². The molecular formula is C14H17FN2O. The first-order valence-electron chi connectivity index (χ1n) is 6.31. The van der Waals surface area contributed by atoms with Crippen molar-refractivity contribution in [1.82, 2.24) is 0 Å². The van der Waals surface area contributed by atoms with Gasteiger partial charge in [-0.1, -0.05) is 0 Å². The molecule has 1 N–H and O–H groups in total. The summed E-state index contributed by atoms with van der Waals surface area (Å²) in [5, 5.41) is 11.7. The third kappa shape index (κ3) is 4.01. The maximum absolute atomic E-state index is 13.3. The molecule has 0 spiro atoms. The fraction of sp³-hybridized carbons (Fsp3) is 0.500. The quantitative estimate of drug-likeness (QED) is 0.754. The topological polar surface area (TPSA) is 45.0 Å². The van der Waals surface area contributed by atoms with E-state index in [9.17, 15) is 4.39 Å². The first-order valence-corrected chi connectivity index (χ1v) is 6.31. The van der Waals surface area contributed by atoms with E-state index in [1.54, 1.807) is 12.1 Å². The van der Waals surface area contributed by atoms with E-state index in [-0.39, 0.29) is 5.56 Å². The van der Waals surface area contributed by atoms with Gasteiger partial charge in [-0.15, -0.1) is 0 Å². The van der Waals surface area contributed by atoms with Crippen molar-refractivity contribution < 1.29 is 9.13 Å². The van der Waals surface area contributed by atoms with E-state index in [0.29, 0.717) is 5.69 Å². The summed E-state index contributed by atoms with van der Waals surface area (Å²) in [6.45, 7) is 2.36. The lowest BCUT2D eigenvalue weighted by Gasteiger charge is -2.07. The summed E-state index contributed by atoms with van der Waals surface area (Å²) in [5.41, 5.74) is 0.780. The predicted molar refractivity (Wildman–Crippen MR) is 67.8 cm³/mol. The molecule has 1 saturated carbocycles. The average molecular weight is 248 g/mol. The first kappa shape index (κ1) is 12.8. The van der Waals surface area contributed by atoms with Crippen LogP contribution < -0.4 is 5.32 Å². The second-order valence-corrected chi connectivity index (χ2v) is 4.61. The van der Waals surface area contributed by atoms with Crippen molar-refractivity contribution in [2.24, 2.45) is 5.92 Å². The van der Waals surface area contributed by atoms with Gasteiger partial charge in [0.2, 0.25) is 0 Å². The minimum Gasteiger partial charge on any atom is -0.385 e. The van der Waals surface area contributed by atoms with E-state index >= 15 is 0 Å². The van der Waals surface area contributed by atoms with Crippen LogP contribution in [0.1, 0.15) is 24.8 Å². The first-order chi connectivity index (χ1) is 8.79. The van der Waals surface area contributed by atoms with Gasteiger partial charge in [-0.25, -0.2) is 4.39 Å². The molecule has 3 nitrogen and oxygen atoms in total. The Morgan fingerprint density at radius 3 is 2.94 bits per heavy atom. The molecule has 0 unspecified atom stereocenters. The molecule has 0 atom stereocenters. The van der Waals surface area contributed by atoms with E-state index in [0.717, 1.165) is 32.1 Å². The molecule has 1 aromatic rings. The Balaban J connectivity index is 1.63. The minimum absolute atomic E-state index is 0.0771. The number of hydrogen-bond acceptors (Lipinski definition) is 3. The zero-order valence-electron chi connectivity index (χ0n) is 10.3. The number of hydrogen-bond donors (Lipinski definition) is 1. The summed E-state index contributed by atoms with van der Waals surface area (Å²) in [6, 6.07) is 6.35. The smallest absolute Gasteiger partial charge is 0.143 e. The molecule has 0 amide bonds. The molecule has 0 aromatic heterocycles. The number of nitrogens with one attached hydrogen (secondary N) is 1. The molecule has 4 heteroatoms. The highest BCUT2D eigenvalue weighted by atomic mass is 19.1. The summed E-state index contributed by atoms with van der Waals surface area (Å²) in [5.74, 6) is 0.318. The highest BCUT2D eigenvalue weighted by Crippen LogP contribution is 2.28. The van der Waals surface area contributed by atoms with E-state index in [1.165, 1.54) is 25.0 Å². The molecule has 96 valence electrons. The third-order valence-electron chi connectivity index (χ3n) is 2.93. The monoisotopic (exact) mass is 248 g/mol. The fourth-order valence-electron chi connectivity index (χ4n) is 1.66. The van der Waals surface area contributed by atoms with Crippen LogP contribution in [0.25, 0.3) is 0 Å². The third-order valence-corrected chi connectivity index (χ3v) is 2.93. The van der Waals surface area contributed by atoms with Gasteiger partial charge in [-0.2, -0.15) is 5.26 Å². The lowest BCUT2D eigenvalue weighted by molar-refractivity contribution is 0.124. The van der Waals surface area contributed by atoms with Crippen LogP contribution >= 0.6 is 0 Å². The number of nitriles is 1. The minimum atomic E-state index is -0.479. The molecular weight excluding hydrogens is 231 g/mol. The van der Waals surface area contributed by atoms with Gasteiger partial charge in [0.05, 0.1) is 5.56 Å². The van der Waals surface area contributed by atoms with Crippen molar-refractivity contribution >= 4 is 5.69 Å². The molecule has 0 radical (unpaired) electrons. The molecule has 18 heavy (non-hydrogen) atoms. The lowest BCUT2D eigenvalue weighted by atomic mass is 10.2. The number of nitrogens with zero attached hydrogens (tertiary/aromatic N) is 1. The Labute approximate surface area is 107 Å². The normalized spacial score (nSPS) is 14.2. The van der Waals surface area contributed by atoms with Gasteiger partial charge < -0.3 is 10.1 Å². The number of ether oxygens (including phenoxy) is 1. The van der Waals surface area contributed by atoms with Crippen molar-refractivity contribution in [3.63, 3.8) is 0 Å². The van der Waals surface area contributed by atoms with Crippen LogP contribution in [0.5, 0.6) is 0 Å². The van der Waals surface area contributed by atoms with E-state index < -0.39 is 5.82 Å². The Bertz CT molecular complexity index is 438. The molecule has 1 fully saturated rings. The van der Waals surface area contributed by atoms with Gasteiger partial charge in [0.15, 0.2) is 0 Å². The number of halogens is 1. The number of benzene rings is 1. The van der Waals surface area contributed by atoms with Gasteiger partial charge in [0.1, 0.15) is 11.9 Å². The van der Waals surface area contributed by atoms with Crippen molar-refractivity contribution in [2.45, 2.75) is 19.3 Å². The Morgan fingerprint density at radius 2 is 2.28 bits per heavy atom. The molecule has 0 aliphatic heterocycles. The summed E-state index contributed by atoms with van der Waals surface area (Å²) >= 11 is 0.